The van der Waals surface area contributed by atoms with Crippen molar-refractivity contribution in [3.05, 3.63) is 86.7 Å². The number of esters is 1. The number of ether oxygens (including phenoxy) is 3. The van der Waals surface area contributed by atoms with E-state index in [0.717, 1.165) is 16.5 Å². The summed E-state index contributed by atoms with van der Waals surface area (Å²) in [4.78, 5) is 82.7. The van der Waals surface area contributed by atoms with Crippen LogP contribution < -0.4 is 32.4 Å². The Balaban J connectivity index is 1.02. The van der Waals surface area contributed by atoms with Crippen LogP contribution in [0.25, 0.3) is 22.3 Å². The molecule has 2 aliphatic rings. The molecule has 2 atom stereocenters. The minimum absolute atomic E-state index is 0.0233. The van der Waals surface area contributed by atoms with Crippen LogP contribution in [0.1, 0.15) is 60.9 Å². The third kappa shape index (κ3) is 8.83. The van der Waals surface area contributed by atoms with Gasteiger partial charge < -0.3 is 55.8 Å². The lowest BCUT2D eigenvalue weighted by Gasteiger charge is -2.31. The summed E-state index contributed by atoms with van der Waals surface area (Å²) < 4.78 is 17.9. The van der Waals surface area contributed by atoms with Gasteiger partial charge in [-0.1, -0.05) is 26.0 Å². The molecule has 2 aliphatic heterocycles. The number of nitrogens with one attached hydrogen (secondary N) is 2. The van der Waals surface area contributed by atoms with E-state index in [1.165, 1.54) is 9.80 Å². The second-order valence-corrected chi connectivity index (χ2v) is 14.5. The summed E-state index contributed by atoms with van der Waals surface area (Å²) in [6, 6.07) is 12.1. The molecule has 5 amide bonds. The van der Waals surface area contributed by atoms with E-state index in [9.17, 15) is 33.9 Å². The topological polar surface area (TPSA) is 251 Å². The molecular weight excluding hydrogens is 764 g/mol. The molecule has 0 saturated carbocycles. The standard InChI is InChI=1S/C41H48N8O10/c1-5-26-27-18-25(13-14-32(27)46-34-28(26)20-49-33(34)19-30-29(36(49)51)22-57-37(52)41(30,56)6-2)59-40(55)48(4)17-16-47(3)39(54)58-21-23-9-11-24(12-10-23)45-35(50)31(42)8-7-15-44-38(43)53/h9-14,18-19,31,56H,5-8,15-17,20-22,42H2,1-4H3,(H,45,50)(H3,43,44,53)/t31-,41-/m0/s1. The zero-order valence-electron chi connectivity index (χ0n) is 33.3. The van der Waals surface area contributed by atoms with Crippen LogP contribution in [0.3, 0.4) is 0 Å². The molecule has 0 bridgehead atoms. The fourth-order valence-electron chi connectivity index (χ4n) is 7.11. The van der Waals surface area contributed by atoms with E-state index < -0.39 is 35.8 Å². The van der Waals surface area contributed by atoms with Crippen LogP contribution in [0.2, 0.25) is 0 Å². The Bertz CT molecular complexity index is 2370. The molecule has 312 valence electrons. The Labute approximate surface area is 339 Å². The van der Waals surface area contributed by atoms with Gasteiger partial charge in [-0.2, -0.15) is 0 Å². The number of cyclic esters (lactones) is 1. The summed E-state index contributed by atoms with van der Waals surface area (Å²) in [6.07, 6.45) is 0.234. The van der Waals surface area contributed by atoms with Crippen LogP contribution in [0.15, 0.2) is 53.3 Å². The highest BCUT2D eigenvalue weighted by molar-refractivity contribution is 5.94. The molecule has 18 heteroatoms. The number of benzene rings is 2. The average molecular weight is 813 g/mol. The van der Waals surface area contributed by atoms with Crippen molar-refractivity contribution < 1.29 is 43.3 Å². The molecule has 2 aromatic carbocycles. The number of fused-ring (bicyclic) bond motifs is 5. The number of carbonyl (C=O) groups is 5. The van der Waals surface area contributed by atoms with Gasteiger partial charge in [-0.25, -0.2) is 24.2 Å². The Morgan fingerprint density at radius 3 is 2.41 bits per heavy atom. The Morgan fingerprint density at radius 1 is 1.02 bits per heavy atom. The number of anilines is 1. The van der Waals surface area contributed by atoms with Gasteiger partial charge in [0.05, 0.1) is 35.1 Å². The maximum Gasteiger partial charge on any atom is 0.415 e. The van der Waals surface area contributed by atoms with Crippen molar-refractivity contribution in [1.29, 1.82) is 0 Å². The number of pyridine rings is 2. The Kier molecular flexibility index (Phi) is 12.5. The van der Waals surface area contributed by atoms with E-state index in [1.54, 1.807) is 74.1 Å². The van der Waals surface area contributed by atoms with Crippen molar-refractivity contribution in [1.82, 2.24) is 24.7 Å². The molecule has 6 rings (SSSR count). The smallest absolute Gasteiger partial charge is 0.415 e. The number of likely N-dealkylation sites (N-methyl/N-ethyl adjacent to an activating group) is 2. The monoisotopic (exact) mass is 812 g/mol. The highest BCUT2D eigenvalue weighted by atomic mass is 16.6. The molecule has 0 spiro atoms. The van der Waals surface area contributed by atoms with Crippen molar-refractivity contribution in [2.24, 2.45) is 11.5 Å². The summed E-state index contributed by atoms with van der Waals surface area (Å²) >= 11 is 0. The number of amides is 5. The maximum absolute atomic E-state index is 13.7. The third-order valence-electron chi connectivity index (χ3n) is 10.6. The summed E-state index contributed by atoms with van der Waals surface area (Å²) in [5.41, 5.74) is 13.8. The van der Waals surface area contributed by atoms with Crippen LogP contribution in [-0.4, -0.2) is 94.3 Å². The van der Waals surface area contributed by atoms with Crippen LogP contribution in [-0.2, 0) is 50.8 Å². The van der Waals surface area contributed by atoms with Crippen LogP contribution >= 0.6 is 0 Å². The molecule has 4 aromatic rings. The average Bonchev–Trinajstić information content (AvgIpc) is 3.59. The predicted octanol–water partition coefficient (Wildman–Crippen LogP) is 3.06. The summed E-state index contributed by atoms with van der Waals surface area (Å²) in [7, 11) is 3.10. The van der Waals surface area contributed by atoms with E-state index in [1.807, 2.05) is 6.92 Å². The lowest BCUT2D eigenvalue weighted by Crippen LogP contribution is -2.44. The predicted molar refractivity (Wildman–Crippen MR) is 215 cm³/mol. The van der Waals surface area contributed by atoms with Crippen molar-refractivity contribution in [3.63, 3.8) is 0 Å². The van der Waals surface area contributed by atoms with E-state index in [-0.39, 0.29) is 67.6 Å². The second-order valence-electron chi connectivity index (χ2n) is 14.5. The molecule has 0 fully saturated rings. The SMILES string of the molecule is CCc1c2c(nc3ccc(OC(=O)N(C)CCN(C)C(=O)OCc4ccc(NC(=O)[C@@H](N)CCCNC(N)=O)cc4)cc13)-c1cc3c(c(=O)n1C2)COC(=O)[C@]3(O)CC. The van der Waals surface area contributed by atoms with Crippen LogP contribution in [0.4, 0.5) is 20.1 Å². The number of aliphatic hydroxyl groups is 1. The van der Waals surface area contributed by atoms with Gasteiger partial charge in [-0.05, 0) is 73.2 Å². The molecule has 59 heavy (non-hydrogen) atoms. The van der Waals surface area contributed by atoms with Gasteiger partial charge >= 0.3 is 24.2 Å². The number of aromatic nitrogens is 2. The first-order chi connectivity index (χ1) is 28.1. The molecule has 0 saturated heterocycles. The number of nitrogens with zero attached hydrogens (tertiary/aromatic N) is 4. The number of aryl methyl sites for hydroxylation is 1. The molecule has 7 N–H and O–H groups in total. The van der Waals surface area contributed by atoms with Crippen molar-refractivity contribution >= 4 is 46.7 Å². The number of rotatable bonds is 14. The Morgan fingerprint density at radius 2 is 1.73 bits per heavy atom. The molecule has 0 aliphatic carbocycles. The number of carbonyl (C=O) groups excluding carboxylic acids is 5. The lowest BCUT2D eigenvalue weighted by atomic mass is 9.86. The van der Waals surface area contributed by atoms with Gasteiger partial charge in [0, 0.05) is 55.9 Å². The zero-order valence-corrected chi connectivity index (χ0v) is 33.3. The summed E-state index contributed by atoms with van der Waals surface area (Å²) in [6.45, 7) is 4.26. The van der Waals surface area contributed by atoms with Gasteiger partial charge in [0.25, 0.3) is 5.56 Å². The number of hydrogen-bond acceptors (Lipinski definition) is 12. The highest BCUT2D eigenvalue weighted by Crippen LogP contribution is 2.40. The minimum atomic E-state index is -1.93. The van der Waals surface area contributed by atoms with E-state index in [0.29, 0.717) is 54.0 Å². The molecule has 2 aromatic heterocycles. The number of primary amides is 1. The number of hydrogen-bond donors (Lipinski definition) is 5. The largest absolute Gasteiger partial charge is 0.458 e. The van der Waals surface area contributed by atoms with Gasteiger partial charge in [0.1, 0.15) is 19.0 Å². The van der Waals surface area contributed by atoms with E-state index in [4.69, 9.17) is 30.7 Å². The first kappa shape index (κ1) is 42.1. The lowest BCUT2D eigenvalue weighted by molar-refractivity contribution is -0.172. The van der Waals surface area contributed by atoms with Gasteiger partial charge in [0.2, 0.25) is 5.91 Å². The summed E-state index contributed by atoms with van der Waals surface area (Å²) in [5.74, 6) is -0.876. The zero-order chi connectivity index (χ0) is 42.6. The summed E-state index contributed by atoms with van der Waals surface area (Å²) in [5, 5.41) is 17.1. The van der Waals surface area contributed by atoms with Crippen LogP contribution in [0, 0.1) is 0 Å². The first-order valence-electron chi connectivity index (χ1n) is 19.3. The number of urea groups is 1. The molecule has 4 heterocycles. The second kappa shape index (κ2) is 17.5. The molecule has 0 unspecified atom stereocenters. The molecular formula is C41H48N8O10. The fraction of sp³-hybridized carbons (Fsp3) is 0.390. The Hall–Kier alpha value is -6.53. The normalized spacial score (nSPS) is 15.6. The van der Waals surface area contributed by atoms with Gasteiger partial charge in [0.15, 0.2) is 5.60 Å². The van der Waals surface area contributed by atoms with E-state index >= 15 is 0 Å². The van der Waals surface area contributed by atoms with Gasteiger partial charge in [-0.3, -0.25) is 9.59 Å². The third-order valence-corrected chi connectivity index (χ3v) is 10.6. The van der Waals surface area contributed by atoms with Crippen molar-refractivity contribution in [2.75, 3.05) is 39.0 Å². The first-order valence-corrected chi connectivity index (χ1v) is 19.3. The fourth-order valence-corrected chi connectivity index (χ4v) is 7.11. The molecule has 18 nitrogen and oxygen atoms in total. The maximum atomic E-state index is 13.7. The van der Waals surface area contributed by atoms with Crippen molar-refractivity contribution in [3.8, 4) is 17.1 Å². The van der Waals surface area contributed by atoms with Gasteiger partial charge in [-0.15, -0.1) is 0 Å². The number of nitrogens with two attached hydrogens (primary N) is 2. The van der Waals surface area contributed by atoms with Crippen LogP contribution in [0.5, 0.6) is 5.75 Å². The van der Waals surface area contributed by atoms with E-state index in [2.05, 4.69) is 10.6 Å². The highest BCUT2D eigenvalue weighted by Gasteiger charge is 2.45. The quantitative estimate of drug-likeness (QED) is 0.0802. The minimum Gasteiger partial charge on any atom is -0.458 e. The van der Waals surface area contributed by atoms with Crippen molar-refractivity contribution in [2.45, 2.75) is 70.9 Å². The molecule has 0 radical (unpaired) electrons.